The molecule has 0 saturated heterocycles. The quantitative estimate of drug-likeness (QED) is 0.820. The van der Waals surface area contributed by atoms with Gasteiger partial charge in [-0.15, -0.1) is 0 Å². The molecule has 1 atom stereocenters. The van der Waals surface area contributed by atoms with E-state index in [9.17, 15) is 18.3 Å². The van der Waals surface area contributed by atoms with E-state index in [-0.39, 0.29) is 22.3 Å². The maximum absolute atomic E-state index is 13.5. The van der Waals surface area contributed by atoms with Gasteiger partial charge >= 0.3 is 0 Å². The second-order valence-corrected chi connectivity index (χ2v) is 5.02. The summed E-state index contributed by atoms with van der Waals surface area (Å²) in [4.78, 5) is 0. The largest absolute Gasteiger partial charge is 0.386 e. The number of anilines is 1. The van der Waals surface area contributed by atoms with Gasteiger partial charge in [0.05, 0.1) is 16.3 Å². The minimum Gasteiger partial charge on any atom is -0.386 e. The minimum absolute atomic E-state index is 0.0219. The maximum Gasteiger partial charge on any atom is 0.149 e. The SMILES string of the molecule is OC(CNc1cc(Br)c(F)cc1F)c1ccccc1F. The van der Waals surface area contributed by atoms with Gasteiger partial charge in [-0.05, 0) is 28.1 Å². The van der Waals surface area contributed by atoms with Gasteiger partial charge in [0.2, 0.25) is 0 Å². The van der Waals surface area contributed by atoms with E-state index in [2.05, 4.69) is 21.2 Å². The van der Waals surface area contributed by atoms with Crippen molar-refractivity contribution in [2.45, 2.75) is 6.10 Å². The Morgan fingerprint density at radius 2 is 1.75 bits per heavy atom. The van der Waals surface area contributed by atoms with Gasteiger partial charge in [0, 0.05) is 18.2 Å². The third-order valence-corrected chi connectivity index (χ3v) is 3.37. The van der Waals surface area contributed by atoms with Gasteiger partial charge in [-0.3, -0.25) is 0 Å². The summed E-state index contributed by atoms with van der Waals surface area (Å²) in [7, 11) is 0. The summed E-state index contributed by atoms with van der Waals surface area (Å²) < 4.78 is 40.1. The molecular weight excluding hydrogens is 335 g/mol. The van der Waals surface area contributed by atoms with Crippen LogP contribution in [-0.2, 0) is 0 Å². The van der Waals surface area contributed by atoms with Crippen molar-refractivity contribution >= 4 is 21.6 Å². The van der Waals surface area contributed by atoms with Crippen LogP contribution in [0.1, 0.15) is 11.7 Å². The maximum atomic E-state index is 13.5. The molecule has 0 aliphatic carbocycles. The van der Waals surface area contributed by atoms with Crippen molar-refractivity contribution in [1.82, 2.24) is 0 Å². The predicted octanol–water partition coefficient (Wildman–Crippen LogP) is 4.01. The molecule has 0 aliphatic heterocycles. The van der Waals surface area contributed by atoms with Crippen LogP contribution < -0.4 is 5.32 Å². The first-order valence-corrected chi connectivity index (χ1v) is 6.59. The van der Waals surface area contributed by atoms with E-state index in [0.29, 0.717) is 0 Å². The first-order chi connectivity index (χ1) is 9.49. The minimum atomic E-state index is -1.14. The molecule has 1 unspecified atom stereocenters. The van der Waals surface area contributed by atoms with E-state index in [1.807, 2.05) is 0 Å². The van der Waals surface area contributed by atoms with E-state index in [4.69, 9.17) is 0 Å². The molecule has 6 heteroatoms. The molecule has 0 amide bonds. The molecular formula is C14H11BrF3NO. The Labute approximate surface area is 122 Å². The fourth-order valence-corrected chi connectivity index (χ4v) is 2.06. The second-order valence-electron chi connectivity index (χ2n) is 4.16. The summed E-state index contributed by atoms with van der Waals surface area (Å²) in [5, 5.41) is 12.5. The van der Waals surface area contributed by atoms with Crippen molar-refractivity contribution in [3.8, 4) is 0 Å². The number of halogens is 4. The number of hydrogen-bond acceptors (Lipinski definition) is 2. The van der Waals surface area contributed by atoms with Gasteiger partial charge in [0.15, 0.2) is 0 Å². The van der Waals surface area contributed by atoms with Crippen LogP contribution in [0.15, 0.2) is 40.9 Å². The average Bonchev–Trinajstić information content (AvgIpc) is 2.41. The number of nitrogens with one attached hydrogen (secondary N) is 1. The Morgan fingerprint density at radius 1 is 1.05 bits per heavy atom. The summed E-state index contributed by atoms with van der Waals surface area (Å²) in [6, 6.07) is 7.72. The Hall–Kier alpha value is -1.53. The lowest BCUT2D eigenvalue weighted by atomic mass is 10.1. The molecule has 0 aliphatic rings. The summed E-state index contributed by atoms with van der Waals surface area (Å²) in [6.07, 6.45) is -1.14. The van der Waals surface area contributed by atoms with Crippen LogP contribution in [-0.4, -0.2) is 11.7 Å². The Bertz CT molecular complexity index is 621. The van der Waals surface area contributed by atoms with Crippen LogP contribution in [0.3, 0.4) is 0 Å². The third-order valence-electron chi connectivity index (χ3n) is 2.76. The van der Waals surface area contributed by atoms with Crippen LogP contribution in [0, 0.1) is 17.5 Å². The lowest BCUT2D eigenvalue weighted by Gasteiger charge is -2.14. The van der Waals surface area contributed by atoms with Gasteiger partial charge in [-0.1, -0.05) is 18.2 Å². The molecule has 2 N–H and O–H groups in total. The molecule has 20 heavy (non-hydrogen) atoms. The van der Waals surface area contributed by atoms with Gasteiger partial charge in [-0.25, -0.2) is 13.2 Å². The van der Waals surface area contributed by atoms with E-state index in [1.54, 1.807) is 6.07 Å². The highest BCUT2D eigenvalue weighted by molar-refractivity contribution is 9.10. The Balaban J connectivity index is 2.09. The normalized spacial score (nSPS) is 12.2. The number of rotatable bonds is 4. The van der Waals surface area contributed by atoms with E-state index in [1.165, 1.54) is 24.3 Å². The average molecular weight is 346 g/mol. The molecule has 106 valence electrons. The molecule has 0 heterocycles. The van der Waals surface area contributed by atoms with Gasteiger partial charge < -0.3 is 10.4 Å². The van der Waals surface area contributed by atoms with Gasteiger partial charge in [-0.2, -0.15) is 0 Å². The van der Waals surface area contributed by atoms with Crippen LogP contribution in [0.5, 0.6) is 0 Å². The monoisotopic (exact) mass is 345 g/mol. The highest BCUT2D eigenvalue weighted by atomic mass is 79.9. The third kappa shape index (κ3) is 3.32. The van der Waals surface area contributed by atoms with Gasteiger partial charge in [0.1, 0.15) is 17.5 Å². The van der Waals surface area contributed by atoms with E-state index >= 15 is 0 Å². The Kier molecular flexibility index (Phi) is 4.67. The zero-order valence-electron chi connectivity index (χ0n) is 10.2. The van der Waals surface area contributed by atoms with Crippen molar-refractivity contribution in [1.29, 1.82) is 0 Å². The smallest absolute Gasteiger partial charge is 0.149 e. The van der Waals surface area contributed by atoms with E-state index < -0.39 is 23.6 Å². The van der Waals surface area contributed by atoms with Crippen LogP contribution in [0.4, 0.5) is 18.9 Å². The Morgan fingerprint density at radius 3 is 2.45 bits per heavy atom. The number of hydrogen-bond donors (Lipinski definition) is 2. The molecule has 0 fully saturated rings. The molecule has 2 aromatic rings. The van der Waals surface area contributed by atoms with Crippen molar-refractivity contribution in [3.05, 3.63) is 63.9 Å². The topological polar surface area (TPSA) is 32.3 Å². The molecule has 0 saturated carbocycles. The predicted molar refractivity (Wildman–Crippen MR) is 73.9 cm³/mol. The molecule has 0 radical (unpaired) electrons. The lowest BCUT2D eigenvalue weighted by Crippen LogP contribution is -2.14. The molecule has 0 bridgehead atoms. The summed E-state index contributed by atoms with van der Waals surface area (Å²) in [6.45, 7) is -0.101. The molecule has 2 aromatic carbocycles. The standard InChI is InChI=1S/C14H11BrF3NO/c15-9-5-13(12(18)6-11(9)17)19-7-14(20)8-3-1-2-4-10(8)16/h1-6,14,19-20H,7H2. The van der Waals surface area contributed by atoms with Crippen LogP contribution in [0.25, 0.3) is 0 Å². The summed E-state index contributed by atoms with van der Waals surface area (Å²) >= 11 is 2.94. The molecule has 0 spiro atoms. The lowest BCUT2D eigenvalue weighted by molar-refractivity contribution is 0.186. The van der Waals surface area contributed by atoms with Crippen molar-refractivity contribution in [2.24, 2.45) is 0 Å². The zero-order valence-corrected chi connectivity index (χ0v) is 11.8. The summed E-state index contributed by atoms with van der Waals surface area (Å²) in [5.41, 5.74) is 0.134. The zero-order chi connectivity index (χ0) is 14.7. The molecule has 2 rings (SSSR count). The van der Waals surface area contributed by atoms with Crippen LogP contribution in [0.2, 0.25) is 0 Å². The highest BCUT2D eigenvalue weighted by Gasteiger charge is 2.14. The molecule has 0 aromatic heterocycles. The van der Waals surface area contributed by atoms with Crippen molar-refractivity contribution in [2.75, 3.05) is 11.9 Å². The number of benzene rings is 2. The van der Waals surface area contributed by atoms with E-state index in [0.717, 1.165) is 6.07 Å². The first kappa shape index (κ1) is 14.9. The first-order valence-electron chi connectivity index (χ1n) is 5.80. The second kappa shape index (κ2) is 6.28. The number of aliphatic hydroxyl groups excluding tert-OH is 1. The molecule has 2 nitrogen and oxygen atoms in total. The van der Waals surface area contributed by atoms with Crippen molar-refractivity contribution in [3.63, 3.8) is 0 Å². The van der Waals surface area contributed by atoms with Gasteiger partial charge in [0.25, 0.3) is 0 Å². The van der Waals surface area contributed by atoms with Crippen molar-refractivity contribution < 1.29 is 18.3 Å². The highest BCUT2D eigenvalue weighted by Crippen LogP contribution is 2.25. The fraction of sp³-hybridized carbons (Fsp3) is 0.143. The van der Waals surface area contributed by atoms with Crippen LogP contribution >= 0.6 is 15.9 Å². The summed E-state index contributed by atoms with van der Waals surface area (Å²) in [5.74, 6) is -2.04. The number of aliphatic hydroxyl groups is 1. The fourth-order valence-electron chi connectivity index (χ4n) is 1.72.